The minimum Gasteiger partial charge on any atom is -0.333 e. The van der Waals surface area contributed by atoms with Gasteiger partial charge in [-0.25, -0.2) is 9.67 Å². The first-order chi connectivity index (χ1) is 10.6. The van der Waals surface area contributed by atoms with Crippen LogP contribution in [0.3, 0.4) is 0 Å². The Bertz CT molecular complexity index is 778. The van der Waals surface area contributed by atoms with Crippen molar-refractivity contribution in [2.24, 2.45) is 7.05 Å². The molecule has 7 heteroatoms. The number of nitrogens with zero attached hydrogens (tertiary/aromatic N) is 7. The van der Waals surface area contributed by atoms with Crippen molar-refractivity contribution in [2.45, 2.75) is 40.3 Å². The predicted molar refractivity (Wildman–Crippen MR) is 83.3 cm³/mol. The summed E-state index contributed by atoms with van der Waals surface area (Å²) in [4.78, 5) is 4.30. The van der Waals surface area contributed by atoms with Crippen LogP contribution in [0.5, 0.6) is 0 Å². The summed E-state index contributed by atoms with van der Waals surface area (Å²) in [6, 6.07) is 0. The van der Waals surface area contributed by atoms with E-state index in [0.717, 1.165) is 30.2 Å². The summed E-state index contributed by atoms with van der Waals surface area (Å²) in [6.45, 7) is 7.95. The molecule has 0 spiro atoms. The molecule has 0 aromatic carbocycles. The maximum Gasteiger partial charge on any atom is 0.161 e. The molecule has 3 aromatic heterocycles. The van der Waals surface area contributed by atoms with Gasteiger partial charge >= 0.3 is 0 Å². The first kappa shape index (κ1) is 14.5. The van der Waals surface area contributed by atoms with Gasteiger partial charge in [0.25, 0.3) is 0 Å². The summed E-state index contributed by atoms with van der Waals surface area (Å²) in [5.41, 5.74) is 4.25. The Kier molecular flexibility index (Phi) is 3.79. The third-order valence-corrected chi connectivity index (χ3v) is 3.88. The fraction of sp³-hybridized carbons (Fsp3) is 0.467. The maximum absolute atomic E-state index is 4.61. The first-order valence-corrected chi connectivity index (χ1v) is 7.50. The summed E-state index contributed by atoms with van der Waals surface area (Å²) in [5, 5.41) is 13.0. The summed E-state index contributed by atoms with van der Waals surface area (Å²) in [5.74, 6) is 0.821. The maximum atomic E-state index is 4.61. The van der Waals surface area contributed by atoms with E-state index in [-0.39, 0.29) is 0 Å². The SMILES string of the molecule is CCCn1nc(C)c(Cn2cc(-c3nccn3C)nn2)c1C. The van der Waals surface area contributed by atoms with Crippen LogP contribution < -0.4 is 0 Å². The van der Waals surface area contributed by atoms with E-state index in [4.69, 9.17) is 0 Å². The van der Waals surface area contributed by atoms with Crippen LogP contribution in [-0.4, -0.2) is 34.3 Å². The van der Waals surface area contributed by atoms with Crippen LogP contribution in [0.4, 0.5) is 0 Å². The molecule has 0 fully saturated rings. The predicted octanol–water partition coefficient (Wildman–Crippen LogP) is 1.95. The number of rotatable bonds is 5. The summed E-state index contributed by atoms with van der Waals surface area (Å²) in [7, 11) is 1.95. The van der Waals surface area contributed by atoms with Crippen molar-refractivity contribution in [2.75, 3.05) is 0 Å². The zero-order valence-corrected chi connectivity index (χ0v) is 13.5. The number of aryl methyl sites for hydroxylation is 3. The Morgan fingerprint density at radius 2 is 2.05 bits per heavy atom. The highest BCUT2D eigenvalue weighted by Gasteiger charge is 2.14. The highest BCUT2D eigenvalue weighted by molar-refractivity contribution is 5.47. The van der Waals surface area contributed by atoms with E-state index < -0.39 is 0 Å². The Morgan fingerprint density at radius 3 is 2.73 bits per heavy atom. The molecule has 0 aliphatic carbocycles. The molecule has 0 N–H and O–H groups in total. The van der Waals surface area contributed by atoms with Gasteiger partial charge in [0.15, 0.2) is 5.82 Å². The topological polar surface area (TPSA) is 66.3 Å². The molecule has 0 unspecified atom stereocenters. The second kappa shape index (κ2) is 5.75. The zero-order chi connectivity index (χ0) is 15.7. The third kappa shape index (κ3) is 2.54. The number of hydrogen-bond donors (Lipinski definition) is 0. The number of hydrogen-bond acceptors (Lipinski definition) is 4. The molecular formula is C15H21N7. The van der Waals surface area contributed by atoms with Gasteiger partial charge in [-0.3, -0.25) is 4.68 Å². The average molecular weight is 299 g/mol. The Balaban J connectivity index is 1.86. The molecule has 0 bridgehead atoms. The molecule has 7 nitrogen and oxygen atoms in total. The van der Waals surface area contributed by atoms with Crippen molar-refractivity contribution in [1.29, 1.82) is 0 Å². The van der Waals surface area contributed by atoms with E-state index in [1.54, 1.807) is 6.20 Å². The van der Waals surface area contributed by atoms with Gasteiger partial charge in [-0.2, -0.15) is 5.10 Å². The van der Waals surface area contributed by atoms with Crippen molar-refractivity contribution in [3.8, 4) is 11.5 Å². The van der Waals surface area contributed by atoms with E-state index in [0.29, 0.717) is 6.54 Å². The van der Waals surface area contributed by atoms with Crippen molar-refractivity contribution in [3.63, 3.8) is 0 Å². The van der Waals surface area contributed by atoms with Crippen molar-refractivity contribution in [3.05, 3.63) is 35.5 Å². The molecule has 0 aliphatic rings. The minimum atomic E-state index is 0.679. The molecule has 3 rings (SSSR count). The molecule has 0 aliphatic heterocycles. The van der Waals surface area contributed by atoms with Crippen LogP contribution in [0, 0.1) is 13.8 Å². The molecular weight excluding hydrogens is 278 g/mol. The van der Waals surface area contributed by atoms with Crippen molar-refractivity contribution >= 4 is 0 Å². The van der Waals surface area contributed by atoms with Gasteiger partial charge < -0.3 is 4.57 Å². The molecule has 0 amide bonds. The second-order valence-electron chi connectivity index (χ2n) is 5.54. The van der Waals surface area contributed by atoms with Crippen LogP contribution >= 0.6 is 0 Å². The van der Waals surface area contributed by atoms with Gasteiger partial charge in [-0.15, -0.1) is 5.10 Å². The standard InChI is InChI=1S/C15H21N7/c1-5-7-22-12(3)13(11(2)18-22)9-21-10-14(17-19-21)15-16-6-8-20(15)4/h6,8,10H,5,7,9H2,1-4H3. The fourth-order valence-corrected chi connectivity index (χ4v) is 2.64. The van der Waals surface area contributed by atoms with Gasteiger partial charge in [0.1, 0.15) is 5.69 Å². The van der Waals surface area contributed by atoms with E-state index >= 15 is 0 Å². The molecule has 0 atom stereocenters. The monoisotopic (exact) mass is 299 g/mol. The smallest absolute Gasteiger partial charge is 0.161 e. The minimum absolute atomic E-state index is 0.679. The van der Waals surface area contributed by atoms with E-state index in [9.17, 15) is 0 Å². The van der Waals surface area contributed by atoms with Crippen molar-refractivity contribution in [1.82, 2.24) is 34.3 Å². The number of aromatic nitrogens is 7. The van der Waals surface area contributed by atoms with Gasteiger partial charge in [-0.1, -0.05) is 12.1 Å². The molecule has 3 heterocycles. The lowest BCUT2D eigenvalue weighted by Crippen LogP contribution is -2.04. The Hall–Kier alpha value is -2.44. The molecule has 0 radical (unpaired) electrons. The van der Waals surface area contributed by atoms with Gasteiger partial charge in [0.2, 0.25) is 0 Å². The van der Waals surface area contributed by atoms with Gasteiger partial charge in [-0.05, 0) is 20.3 Å². The summed E-state index contributed by atoms with van der Waals surface area (Å²) < 4.78 is 5.85. The van der Waals surface area contributed by atoms with Crippen LogP contribution in [0.25, 0.3) is 11.5 Å². The van der Waals surface area contributed by atoms with Crippen LogP contribution in [-0.2, 0) is 20.1 Å². The normalized spacial score (nSPS) is 11.3. The van der Waals surface area contributed by atoms with Crippen LogP contribution in [0.15, 0.2) is 18.6 Å². The Morgan fingerprint density at radius 1 is 1.23 bits per heavy atom. The summed E-state index contributed by atoms with van der Waals surface area (Å²) in [6.07, 6.45) is 6.67. The van der Waals surface area contributed by atoms with Crippen LogP contribution in [0.2, 0.25) is 0 Å². The highest BCUT2D eigenvalue weighted by atomic mass is 15.4. The molecule has 3 aromatic rings. The molecule has 0 saturated heterocycles. The lowest BCUT2D eigenvalue weighted by molar-refractivity contribution is 0.580. The van der Waals surface area contributed by atoms with E-state index in [1.807, 2.05) is 35.6 Å². The quantitative estimate of drug-likeness (QED) is 0.722. The first-order valence-electron chi connectivity index (χ1n) is 7.50. The Labute approximate surface area is 129 Å². The zero-order valence-electron chi connectivity index (χ0n) is 13.5. The summed E-state index contributed by atoms with van der Waals surface area (Å²) >= 11 is 0. The third-order valence-electron chi connectivity index (χ3n) is 3.88. The van der Waals surface area contributed by atoms with Gasteiger partial charge in [0, 0.05) is 37.2 Å². The lowest BCUT2D eigenvalue weighted by Gasteiger charge is -2.03. The fourth-order valence-electron chi connectivity index (χ4n) is 2.64. The van der Waals surface area contributed by atoms with E-state index in [2.05, 4.69) is 38.9 Å². The molecule has 116 valence electrons. The number of imidazole rings is 1. The van der Waals surface area contributed by atoms with E-state index in [1.165, 1.54) is 11.3 Å². The lowest BCUT2D eigenvalue weighted by atomic mass is 10.2. The average Bonchev–Trinajstić information content (AvgIpc) is 3.16. The molecule has 22 heavy (non-hydrogen) atoms. The molecule has 0 saturated carbocycles. The highest BCUT2D eigenvalue weighted by Crippen LogP contribution is 2.17. The van der Waals surface area contributed by atoms with Crippen molar-refractivity contribution < 1.29 is 0 Å². The second-order valence-corrected chi connectivity index (χ2v) is 5.54. The van der Waals surface area contributed by atoms with Gasteiger partial charge in [0.05, 0.1) is 18.4 Å². The largest absolute Gasteiger partial charge is 0.333 e. The van der Waals surface area contributed by atoms with Crippen LogP contribution in [0.1, 0.15) is 30.3 Å².